The van der Waals surface area contributed by atoms with E-state index in [0.29, 0.717) is 0 Å². The summed E-state index contributed by atoms with van der Waals surface area (Å²) in [5, 5.41) is 3.48. The van der Waals surface area contributed by atoms with Crippen molar-refractivity contribution in [2.45, 2.75) is 19.9 Å². The quantitative estimate of drug-likeness (QED) is 0.884. The van der Waals surface area contributed by atoms with Crippen molar-refractivity contribution in [2.75, 3.05) is 0 Å². The second-order valence-electron chi connectivity index (χ2n) is 5.14. The Morgan fingerprint density at radius 2 is 1.75 bits per heavy atom. The summed E-state index contributed by atoms with van der Waals surface area (Å²) in [7, 11) is 0. The molecule has 20 heavy (non-hydrogen) atoms. The molecule has 2 heteroatoms. The van der Waals surface area contributed by atoms with E-state index in [4.69, 9.17) is 0 Å². The van der Waals surface area contributed by atoms with Gasteiger partial charge < -0.3 is 5.32 Å². The van der Waals surface area contributed by atoms with Crippen LogP contribution in [0.25, 0.3) is 5.57 Å². The van der Waals surface area contributed by atoms with Crippen LogP contribution in [0.1, 0.15) is 29.9 Å². The zero-order valence-electron chi connectivity index (χ0n) is 11.8. The highest BCUT2D eigenvalue weighted by molar-refractivity contribution is 5.76. The Balaban J connectivity index is 1.99. The van der Waals surface area contributed by atoms with Gasteiger partial charge >= 0.3 is 0 Å². The highest BCUT2D eigenvalue weighted by atomic mass is 15.0. The third-order valence-electron chi connectivity index (χ3n) is 3.44. The lowest BCUT2D eigenvalue weighted by atomic mass is 9.97. The zero-order chi connectivity index (χ0) is 13.9. The second-order valence-corrected chi connectivity index (χ2v) is 5.14. The molecule has 0 fully saturated rings. The molecule has 0 radical (unpaired) electrons. The molecule has 2 heterocycles. The summed E-state index contributed by atoms with van der Waals surface area (Å²) in [6.07, 6.45) is 4.42. The largest absolute Gasteiger partial charge is 0.377 e. The van der Waals surface area contributed by atoms with E-state index in [1.165, 1.54) is 16.8 Å². The van der Waals surface area contributed by atoms with E-state index >= 15 is 0 Å². The molecule has 0 amide bonds. The summed E-state index contributed by atoms with van der Waals surface area (Å²) in [6.45, 7) is 4.12. The number of allylic oxidation sites excluding steroid dienone is 3. The van der Waals surface area contributed by atoms with Crippen LogP contribution in [0.5, 0.6) is 0 Å². The Hall–Kier alpha value is -2.35. The van der Waals surface area contributed by atoms with E-state index in [1.807, 2.05) is 19.1 Å². The van der Waals surface area contributed by atoms with Gasteiger partial charge in [-0.05, 0) is 49.3 Å². The standard InChI is InChI=1S/C18H18N2/c1-13-7-6-10-17(19-13)18-12-16(11-14(2)20-18)15-8-4-3-5-9-15/h3-12,18,20H,1-2H3. The highest BCUT2D eigenvalue weighted by Crippen LogP contribution is 2.27. The Bertz CT molecular complexity index is 669. The number of rotatable bonds is 2. The summed E-state index contributed by atoms with van der Waals surface area (Å²) in [5.41, 5.74) is 5.76. The first kappa shape index (κ1) is 12.7. The smallest absolute Gasteiger partial charge is 0.0876 e. The topological polar surface area (TPSA) is 24.9 Å². The summed E-state index contributed by atoms with van der Waals surface area (Å²) in [6, 6.07) is 16.8. The van der Waals surface area contributed by atoms with Crippen LogP contribution in [-0.4, -0.2) is 4.98 Å². The lowest BCUT2D eigenvalue weighted by Crippen LogP contribution is -2.22. The third kappa shape index (κ3) is 2.64. The van der Waals surface area contributed by atoms with Crippen molar-refractivity contribution >= 4 is 5.57 Å². The maximum atomic E-state index is 4.63. The van der Waals surface area contributed by atoms with E-state index in [9.17, 15) is 0 Å². The molecule has 0 spiro atoms. The van der Waals surface area contributed by atoms with Crippen molar-refractivity contribution in [2.24, 2.45) is 0 Å². The average molecular weight is 262 g/mol. The summed E-state index contributed by atoms with van der Waals surface area (Å²) in [4.78, 5) is 4.63. The number of aryl methyl sites for hydroxylation is 1. The minimum absolute atomic E-state index is 0.134. The predicted molar refractivity (Wildman–Crippen MR) is 83.0 cm³/mol. The number of nitrogens with one attached hydrogen (secondary N) is 1. The Morgan fingerprint density at radius 3 is 2.50 bits per heavy atom. The average Bonchev–Trinajstić information content (AvgIpc) is 2.47. The van der Waals surface area contributed by atoms with Gasteiger partial charge in [-0.15, -0.1) is 0 Å². The van der Waals surface area contributed by atoms with Gasteiger partial charge in [-0.3, -0.25) is 4.98 Å². The minimum Gasteiger partial charge on any atom is -0.377 e. The van der Waals surface area contributed by atoms with E-state index in [2.05, 4.69) is 65.8 Å². The number of pyridine rings is 1. The Kier molecular flexibility index (Phi) is 3.38. The van der Waals surface area contributed by atoms with Crippen LogP contribution in [-0.2, 0) is 0 Å². The van der Waals surface area contributed by atoms with Gasteiger partial charge in [0.25, 0.3) is 0 Å². The first-order valence-electron chi connectivity index (χ1n) is 6.88. The van der Waals surface area contributed by atoms with Gasteiger partial charge in [0.15, 0.2) is 0 Å². The molecule has 1 aromatic heterocycles. The van der Waals surface area contributed by atoms with Crippen molar-refractivity contribution < 1.29 is 0 Å². The number of nitrogens with zero attached hydrogens (tertiary/aromatic N) is 1. The van der Waals surface area contributed by atoms with Crippen molar-refractivity contribution in [1.82, 2.24) is 10.3 Å². The van der Waals surface area contributed by atoms with Gasteiger partial charge in [0, 0.05) is 11.4 Å². The van der Waals surface area contributed by atoms with E-state index in [0.717, 1.165) is 11.4 Å². The van der Waals surface area contributed by atoms with E-state index in [1.54, 1.807) is 0 Å². The molecule has 3 rings (SSSR count). The molecule has 1 atom stereocenters. The molecule has 0 aliphatic carbocycles. The third-order valence-corrected chi connectivity index (χ3v) is 3.44. The van der Waals surface area contributed by atoms with E-state index < -0.39 is 0 Å². The Labute approximate surface area is 119 Å². The van der Waals surface area contributed by atoms with Crippen LogP contribution in [0.4, 0.5) is 0 Å². The van der Waals surface area contributed by atoms with Gasteiger partial charge in [0.1, 0.15) is 0 Å². The fraction of sp³-hybridized carbons (Fsp3) is 0.167. The highest BCUT2D eigenvalue weighted by Gasteiger charge is 2.15. The van der Waals surface area contributed by atoms with Crippen molar-refractivity contribution in [3.63, 3.8) is 0 Å². The maximum Gasteiger partial charge on any atom is 0.0876 e. The van der Waals surface area contributed by atoms with Crippen LogP contribution >= 0.6 is 0 Å². The number of dihydropyridines is 1. The second kappa shape index (κ2) is 5.33. The molecule has 1 aliphatic rings. The number of aromatic nitrogens is 1. The van der Waals surface area contributed by atoms with Crippen LogP contribution in [0.2, 0.25) is 0 Å². The molecular weight excluding hydrogens is 244 g/mol. The maximum absolute atomic E-state index is 4.63. The van der Waals surface area contributed by atoms with Gasteiger partial charge in [-0.25, -0.2) is 0 Å². The lowest BCUT2D eigenvalue weighted by molar-refractivity contribution is 0.684. The lowest BCUT2D eigenvalue weighted by Gasteiger charge is -2.23. The number of benzene rings is 1. The summed E-state index contributed by atoms with van der Waals surface area (Å²) >= 11 is 0. The normalized spacial score (nSPS) is 18.0. The van der Waals surface area contributed by atoms with Gasteiger partial charge in [-0.2, -0.15) is 0 Å². The van der Waals surface area contributed by atoms with Crippen molar-refractivity contribution in [3.8, 4) is 0 Å². The molecule has 100 valence electrons. The fourth-order valence-electron chi connectivity index (χ4n) is 2.50. The first-order valence-corrected chi connectivity index (χ1v) is 6.88. The molecule has 2 aromatic rings. The molecule has 1 aromatic carbocycles. The van der Waals surface area contributed by atoms with Gasteiger partial charge in [0.2, 0.25) is 0 Å². The van der Waals surface area contributed by atoms with Crippen LogP contribution in [0.15, 0.2) is 66.4 Å². The zero-order valence-corrected chi connectivity index (χ0v) is 11.8. The molecule has 0 saturated carbocycles. The molecule has 2 nitrogen and oxygen atoms in total. The fourth-order valence-corrected chi connectivity index (χ4v) is 2.50. The number of hydrogen-bond acceptors (Lipinski definition) is 2. The molecule has 0 bridgehead atoms. The van der Waals surface area contributed by atoms with Crippen LogP contribution in [0, 0.1) is 6.92 Å². The summed E-state index contributed by atoms with van der Waals surface area (Å²) < 4.78 is 0. The summed E-state index contributed by atoms with van der Waals surface area (Å²) in [5.74, 6) is 0. The van der Waals surface area contributed by atoms with Gasteiger partial charge in [0.05, 0.1) is 11.7 Å². The predicted octanol–water partition coefficient (Wildman–Crippen LogP) is 4.02. The van der Waals surface area contributed by atoms with Crippen molar-refractivity contribution in [3.05, 3.63) is 83.3 Å². The first-order chi connectivity index (χ1) is 9.72. The molecule has 1 unspecified atom stereocenters. The monoisotopic (exact) mass is 262 g/mol. The van der Waals surface area contributed by atoms with Gasteiger partial charge in [-0.1, -0.05) is 36.4 Å². The van der Waals surface area contributed by atoms with Crippen LogP contribution < -0.4 is 5.32 Å². The SMILES string of the molecule is CC1=CC(c2ccccc2)=CC(c2cccc(C)n2)N1. The Morgan fingerprint density at radius 1 is 0.950 bits per heavy atom. The minimum atomic E-state index is 0.134. The van der Waals surface area contributed by atoms with Crippen LogP contribution in [0.3, 0.4) is 0 Å². The van der Waals surface area contributed by atoms with Crippen molar-refractivity contribution in [1.29, 1.82) is 0 Å². The number of hydrogen-bond donors (Lipinski definition) is 1. The van der Waals surface area contributed by atoms with E-state index in [-0.39, 0.29) is 6.04 Å². The molecule has 0 saturated heterocycles. The molecule has 1 N–H and O–H groups in total. The molecular formula is C18H18N2. The molecule has 1 aliphatic heterocycles.